The maximum absolute atomic E-state index is 13.1. The average molecular weight is 481 g/mol. The third kappa shape index (κ3) is 4.43. The number of halogens is 1. The minimum absolute atomic E-state index is 0.104. The van der Waals surface area contributed by atoms with Gasteiger partial charge in [-0.3, -0.25) is 0 Å². The molecule has 0 radical (unpaired) electrons. The predicted molar refractivity (Wildman–Crippen MR) is 129 cm³/mol. The first kappa shape index (κ1) is 21.8. The summed E-state index contributed by atoms with van der Waals surface area (Å²) in [4.78, 5) is 9.02. The predicted octanol–water partition coefficient (Wildman–Crippen LogP) is 4.71. The average Bonchev–Trinajstić information content (AvgIpc) is 2.85. The number of nitrogens with zero attached hydrogens (tertiary/aromatic N) is 3. The Morgan fingerprint density at radius 2 is 1.67 bits per heavy atom. The number of nitrogens with one attached hydrogen (secondary N) is 1. The van der Waals surface area contributed by atoms with Crippen LogP contribution in [0.4, 0.5) is 11.5 Å². The molecular formula is C24H21ClN4O3S. The number of aromatic nitrogens is 2. The Morgan fingerprint density at radius 1 is 0.909 bits per heavy atom. The van der Waals surface area contributed by atoms with E-state index >= 15 is 0 Å². The van der Waals surface area contributed by atoms with E-state index in [1.54, 1.807) is 24.3 Å². The lowest BCUT2D eigenvalue weighted by Crippen LogP contribution is -2.40. The number of benzene rings is 3. The number of anilines is 2. The molecule has 9 heteroatoms. The largest absolute Gasteiger partial charge is 0.379 e. The summed E-state index contributed by atoms with van der Waals surface area (Å²) in [5.74, 6) is 0.505. The van der Waals surface area contributed by atoms with E-state index in [2.05, 4.69) is 15.3 Å². The van der Waals surface area contributed by atoms with Crippen LogP contribution in [-0.4, -0.2) is 49.0 Å². The van der Waals surface area contributed by atoms with Crippen LogP contribution >= 0.6 is 11.6 Å². The van der Waals surface area contributed by atoms with Crippen LogP contribution in [0.25, 0.3) is 22.0 Å². The molecule has 5 rings (SSSR count). The topological polar surface area (TPSA) is 84.4 Å². The molecule has 4 aromatic rings. The van der Waals surface area contributed by atoms with Crippen molar-refractivity contribution in [3.63, 3.8) is 0 Å². The van der Waals surface area contributed by atoms with Gasteiger partial charge in [0.15, 0.2) is 0 Å². The summed E-state index contributed by atoms with van der Waals surface area (Å²) >= 11 is 6.22. The minimum Gasteiger partial charge on any atom is -0.379 e. The number of fused-ring (bicyclic) bond motifs is 1. The van der Waals surface area contributed by atoms with E-state index in [0.29, 0.717) is 43.3 Å². The van der Waals surface area contributed by atoms with E-state index in [-0.39, 0.29) is 10.2 Å². The molecule has 1 fully saturated rings. The molecule has 0 aliphatic carbocycles. The second-order valence-corrected chi connectivity index (χ2v) is 9.85. The Bertz CT molecular complexity index is 1410. The van der Waals surface area contributed by atoms with Gasteiger partial charge in [-0.2, -0.15) is 9.29 Å². The molecular weight excluding hydrogens is 460 g/mol. The molecule has 1 aromatic heterocycles. The number of hydrogen-bond acceptors (Lipinski definition) is 6. The number of ether oxygens (including phenoxy) is 1. The van der Waals surface area contributed by atoms with Gasteiger partial charge < -0.3 is 10.1 Å². The highest BCUT2D eigenvalue weighted by Crippen LogP contribution is 2.34. The van der Waals surface area contributed by atoms with Gasteiger partial charge in [0.1, 0.15) is 5.82 Å². The zero-order valence-electron chi connectivity index (χ0n) is 17.6. The molecule has 1 N–H and O–H groups in total. The van der Waals surface area contributed by atoms with Crippen molar-refractivity contribution in [2.75, 3.05) is 31.6 Å². The van der Waals surface area contributed by atoms with Crippen molar-refractivity contribution < 1.29 is 13.2 Å². The Labute approximate surface area is 197 Å². The molecule has 0 amide bonds. The van der Waals surface area contributed by atoms with Crippen molar-refractivity contribution in [2.24, 2.45) is 0 Å². The Hall–Kier alpha value is -3.04. The van der Waals surface area contributed by atoms with Gasteiger partial charge in [-0.05, 0) is 47.0 Å². The first-order valence-electron chi connectivity index (χ1n) is 10.5. The smallest absolute Gasteiger partial charge is 0.243 e. The lowest BCUT2D eigenvalue weighted by molar-refractivity contribution is 0.0730. The zero-order chi connectivity index (χ0) is 22.8. The Kier molecular flexibility index (Phi) is 5.99. The number of morpholine rings is 1. The summed E-state index contributed by atoms with van der Waals surface area (Å²) in [6.07, 6.45) is 0. The molecule has 1 aliphatic heterocycles. The van der Waals surface area contributed by atoms with Gasteiger partial charge in [0.2, 0.25) is 15.3 Å². The maximum atomic E-state index is 13.1. The number of rotatable bonds is 5. The molecule has 2 heterocycles. The van der Waals surface area contributed by atoms with Crippen molar-refractivity contribution in [3.05, 3.63) is 78.1 Å². The zero-order valence-corrected chi connectivity index (χ0v) is 19.2. The van der Waals surface area contributed by atoms with Gasteiger partial charge >= 0.3 is 0 Å². The normalized spacial score (nSPS) is 14.9. The summed E-state index contributed by atoms with van der Waals surface area (Å²) in [7, 11) is -3.62. The van der Waals surface area contributed by atoms with Crippen LogP contribution < -0.4 is 5.32 Å². The van der Waals surface area contributed by atoms with Crippen LogP contribution in [0, 0.1) is 0 Å². The minimum atomic E-state index is -3.62. The number of sulfonamides is 1. The van der Waals surface area contributed by atoms with Crippen molar-refractivity contribution in [2.45, 2.75) is 4.90 Å². The van der Waals surface area contributed by atoms with E-state index in [0.717, 1.165) is 16.5 Å². The summed E-state index contributed by atoms with van der Waals surface area (Å²) in [6, 6.07) is 22.4. The quantitative estimate of drug-likeness (QED) is 0.416. The van der Waals surface area contributed by atoms with Gasteiger partial charge in [0, 0.05) is 18.8 Å². The fraction of sp³-hybridized carbons (Fsp3) is 0.167. The molecule has 0 saturated carbocycles. The third-order valence-corrected chi connectivity index (χ3v) is 7.55. The van der Waals surface area contributed by atoms with Crippen LogP contribution in [0.2, 0.25) is 5.28 Å². The molecule has 1 saturated heterocycles. The van der Waals surface area contributed by atoms with Crippen molar-refractivity contribution in [1.82, 2.24) is 14.3 Å². The summed E-state index contributed by atoms with van der Waals surface area (Å²) in [5.41, 5.74) is 3.24. The lowest BCUT2D eigenvalue weighted by Gasteiger charge is -2.26. The summed E-state index contributed by atoms with van der Waals surface area (Å²) in [6.45, 7) is 1.47. The van der Waals surface area contributed by atoms with Crippen LogP contribution in [0.5, 0.6) is 0 Å². The highest BCUT2D eigenvalue weighted by Gasteiger charge is 2.26. The first-order valence-corrected chi connectivity index (χ1v) is 12.3. The maximum Gasteiger partial charge on any atom is 0.243 e. The SMILES string of the molecule is O=S(=O)(c1cccc(Nc2nc(Cl)nc3cccc(-c4ccccc4)c23)c1)N1CCOCC1. The summed E-state index contributed by atoms with van der Waals surface area (Å²) < 4.78 is 32.9. The van der Waals surface area contributed by atoms with E-state index in [9.17, 15) is 8.42 Å². The van der Waals surface area contributed by atoms with Crippen LogP contribution in [0.15, 0.2) is 77.7 Å². The summed E-state index contributed by atoms with van der Waals surface area (Å²) in [5, 5.41) is 4.17. The fourth-order valence-electron chi connectivity index (χ4n) is 3.91. The van der Waals surface area contributed by atoms with Crippen molar-refractivity contribution in [3.8, 4) is 11.1 Å². The monoisotopic (exact) mass is 480 g/mol. The lowest BCUT2D eigenvalue weighted by atomic mass is 10.0. The highest BCUT2D eigenvalue weighted by atomic mass is 35.5. The van der Waals surface area contributed by atoms with Gasteiger partial charge in [-0.15, -0.1) is 0 Å². The molecule has 0 atom stereocenters. The molecule has 0 spiro atoms. The van der Waals surface area contributed by atoms with E-state index in [1.165, 1.54) is 4.31 Å². The van der Waals surface area contributed by atoms with Crippen LogP contribution in [0.3, 0.4) is 0 Å². The van der Waals surface area contributed by atoms with Crippen LogP contribution in [0.1, 0.15) is 0 Å². The standard InChI is InChI=1S/C24H21ClN4O3S/c25-24-27-21-11-5-10-20(17-6-2-1-3-7-17)22(21)23(28-24)26-18-8-4-9-19(16-18)33(30,31)29-12-14-32-15-13-29/h1-11,16H,12-15H2,(H,26,27,28). The van der Waals surface area contributed by atoms with Gasteiger partial charge in [-0.1, -0.05) is 48.5 Å². The molecule has 7 nitrogen and oxygen atoms in total. The second-order valence-electron chi connectivity index (χ2n) is 7.58. The van der Waals surface area contributed by atoms with Crippen LogP contribution in [-0.2, 0) is 14.8 Å². The van der Waals surface area contributed by atoms with Gasteiger partial charge in [0.05, 0.1) is 29.0 Å². The molecule has 1 aliphatic rings. The van der Waals surface area contributed by atoms with E-state index < -0.39 is 10.0 Å². The van der Waals surface area contributed by atoms with Gasteiger partial charge in [-0.25, -0.2) is 13.4 Å². The van der Waals surface area contributed by atoms with Gasteiger partial charge in [0.25, 0.3) is 0 Å². The Morgan fingerprint density at radius 3 is 2.45 bits per heavy atom. The van der Waals surface area contributed by atoms with Crippen molar-refractivity contribution in [1.29, 1.82) is 0 Å². The fourth-order valence-corrected chi connectivity index (χ4v) is 5.54. The molecule has 3 aromatic carbocycles. The molecule has 168 valence electrons. The molecule has 0 unspecified atom stereocenters. The second kappa shape index (κ2) is 9.07. The highest BCUT2D eigenvalue weighted by molar-refractivity contribution is 7.89. The third-order valence-electron chi connectivity index (χ3n) is 5.49. The van der Waals surface area contributed by atoms with Crippen molar-refractivity contribution >= 4 is 44.0 Å². The Balaban J connectivity index is 1.57. The molecule has 33 heavy (non-hydrogen) atoms. The van der Waals surface area contributed by atoms with E-state index in [1.807, 2.05) is 48.5 Å². The first-order chi connectivity index (χ1) is 16.0. The molecule has 0 bridgehead atoms. The number of hydrogen-bond donors (Lipinski definition) is 1. The van der Waals surface area contributed by atoms with E-state index in [4.69, 9.17) is 16.3 Å².